The van der Waals surface area contributed by atoms with Gasteiger partial charge in [-0.15, -0.1) is 0 Å². The van der Waals surface area contributed by atoms with Crippen molar-refractivity contribution >= 4 is 50.1 Å². The average molecular weight is 453 g/mol. The molecule has 0 aliphatic rings. The number of fused-ring (bicyclic) bond motifs is 1. The molecule has 4 aromatic rings. The zero-order valence-electron chi connectivity index (χ0n) is 16.1. The van der Waals surface area contributed by atoms with E-state index in [9.17, 15) is 9.59 Å². The molecule has 0 spiro atoms. The number of carbonyl (C=O) groups excluding carboxylic acids is 2. The van der Waals surface area contributed by atoms with Crippen LogP contribution < -0.4 is 21.3 Å². The molecule has 156 valence electrons. The summed E-state index contributed by atoms with van der Waals surface area (Å²) < 4.78 is 6.48. The van der Waals surface area contributed by atoms with Crippen LogP contribution in [-0.4, -0.2) is 16.8 Å². The van der Waals surface area contributed by atoms with E-state index in [4.69, 9.17) is 22.1 Å². The molecular formula is C22H17ClN4O3S. The van der Waals surface area contributed by atoms with E-state index < -0.39 is 11.8 Å². The second-order valence-corrected chi connectivity index (χ2v) is 8.08. The van der Waals surface area contributed by atoms with Crippen LogP contribution >= 0.6 is 22.9 Å². The lowest BCUT2D eigenvalue weighted by atomic mass is 10.1. The third-order valence-electron chi connectivity index (χ3n) is 4.39. The minimum absolute atomic E-state index is 0.352. The highest BCUT2D eigenvalue weighted by molar-refractivity contribution is 7.22. The maximum atomic E-state index is 12.3. The van der Waals surface area contributed by atoms with Crippen LogP contribution in [0.25, 0.3) is 10.2 Å². The Hall–Kier alpha value is -3.62. The Balaban J connectivity index is 1.31. The van der Waals surface area contributed by atoms with Crippen LogP contribution in [-0.2, 0) is 6.61 Å². The minimum atomic E-state index is -0.435. The molecule has 0 atom stereocenters. The van der Waals surface area contributed by atoms with Crippen molar-refractivity contribution in [1.29, 1.82) is 0 Å². The van der Waals surface area contributed by atoms with E-state index in [2.05, 4.69) is 15.8 Å². The van der Waals surface area contributed by atoms with Gasteiger partial charge in [0.1, 0.15) is 12.4 Å². The topological polar surface area (TPSA) is 106 Å². The van der Waals surface area contributed by atoms with Crippen molar-refractivity contribution in [3.05, 3.63) is 88.4 Å². The van der Waals surface area contributed by atoms with Gasteiger partial charge in [-0.05, 0) is 60.2 Å². The molecule has 0 saturated carbocycles. The van der Waals surface area contributed by atoms with Crippen LogP contribution in [0.1, 0.15) is 26.3 Å². The number of hydrazine groups is 1. The van der Waals surface area contributed by atoms with E-state index >= 15 is 0 Å². The largest absolute Gasteiger partial charge is 0.489 e. The van der Waals surface area contributed by atoms with Crippen LogP contribution in [0.5, 0.6) is 5.75 Å². The zero-order chi connectivity index (χ0) is 21.8. The Labute approximate surface area is 186 Å². The number of anilines is 1. The number of rotatable bonds is 5. The molecule has 9 heteroatoms. The first-order chi connectivity index (χ1) is 15.0. The standard InChI is InChI=1S/C22H17ClN4O3S/c23-16-6-8-17(9-7-16)30-12-13-1-3-14(4-2-13)20(28)26-27-21(29)15-5-10-18-19(11-15)31-22(24)25-18/h1-11H,12H2,(H2,24,25)(H,26,28)(H,27,29). The monoisotopic (exact) mass is 452 g/mol. The van der Waals surface area contributed by atoms with Crippen LogP contribution in [0.15, 0.2) is 66.7 Å². The first-order valence-electron chi connectivity index (χ1n) is 9.22. The van der Waals surface area contributed by atoms with Gasteiger partial charge in [-0.3, -0.25) is 20.4 Å². The van der Waals surface area contributed by atoms with Crippen LogP contribution in [0.4, 0.5) is 5.13 Å². The normalized spacial score (nSPS) is 10.6. The van der Waals surface area contributed by atoms with E-state index in [0.717, 1.165) is 15.8 Å². The van der Waals surface area contributed by atoms with Gasteiger partial charge >= 0.3 is 0 Å². The van der Waals surface area contributed by atoms with E-state index in [-0.39, 0.29) is 0 Å². The molecule has 2 amide bonds. The summed E-state index contributed by atoms with van der Waals surface area (Å²) in [5, 5.41) is 1.08. The van der Waals surface area contributed by atoms with Crippen molar-refractivity contribution in [1.82, 2.24) is 15.8 Å². The third kappa shape index (κ3) is 5.11. The predicted molar refractivity (Wildman–Crippen MR) is 121 cm³/mol. The fourth-order valence-electron chi connectivity index (χ4n) is 2.79. The predicted octanol–water partition coefficient (Wildman–Crippen LogP) is 4.19. The van der Waals surface area contributed by atoms with Gasteiger partial charge in [-0.1, -0.05) is 35.1 Å². The lowest BCUT2D eigenvalue weighted by Gasteiger charge is -2.09. The molecule has 1 aromatic heterocycles. The highest BCUT2D eigenvalue weighted by Gasteiger charge is 2.11. The maximum Gasteiger partial charge on any atom is 0.269 e. The number of amides is 2. The molecule has 0 aliphatic heterocycles. The van der Waals surface area contributed by atoms with Gasteiger partial charge in [0.25, 0.3) is 11.8 Å². The third-order valence-corrected chi connectivity index (χ3v) is 5.49. The number of carbonyl (C=O) groups is 2. The smallest absolute Gasteiger partial charge is 0.269 e. The number of ether oxygens (including phenoxy) is 1. The quantitative estimate of drug-likeness (QED) is 0.394. The summed E-state index contributed by atoms with van der Waals surface area (Å²) in [5.41, 5.74) is 12.9. The Morgan fingerprint density at radius 1 is 0.935 bits per heavy atom. The molecule has 0 radical (unpaired) electrons. The molecule has 7 nitrogen and oxygen atoms in total. The van der Waals surface area contributed by atoms with Gasteiger partial charge in [0.2, 0.25) is 0 Å². The van der Waals surface area contributed by atoms with Crippen molar-refractivity contribution in [3.63, 3.8) is 0 Å². The number of nitrogens with two attached hydrogens (primary N) is 1. The summed E-state index contributed by atoms with van der Waals surface area (Å²) in [4.78, 5) is 28.8. The number of nitrogens with zero attached hydrogens (tertiary/aromatic N) is 1. The van der Waals surface area contributed by atoms with Gasteiger partial charge in [0.15, 0.2) is 5.13 Å². The number of aromatic nitrogens is 1. The fourth-order valence-corrected chi connectivity index (χ4v) is 3.69. The molecule has 0 fully saturated rings. The highest BCUT2D eigenvalue weighted by atomic mass is 35.5. The van der Waals surface area contributed by atoms with E-state index in [1.807, 2.05) is 0 Å². The molecule has 4 N–H and O–H groups in total. The van der Waals surface area contributed by atoms with Gasteiger partial charge in [-0.2, -0.15) is 0 Å². The van der Waals surface area contributed by atoms with Crippen LogP contribution in [0, 0.1) is 0 Å². The Morgan fingerprint density at radius 3 is 2.29 bits per heavy atom. The summed E-state index contributed by atoms with van der Waals surface area (Å²) in [7, 11) is 0. The SMILES string of the molecule is Nc1nc2ccc(C(=O)NNC(=O)c3ccc(COc4ccc(Cl)cc4)cc3)cc2s1. The Morgan fingerprint density at radius 2 is 1.58 bits per heavy atom. The van der Waals surface area contributed by atoms with E-state index in [0.29, 0.717) is 33.6 Å². The second kappa shape index (κ2) is 9.03. The first kappa shape index (κ1) is 20.6. The number of hydrogen-bond acceptors (Lipinski definition) is 6. The summed E-state index contributed by atoms with van der Waals surface area (Å²) in [6, 6.07) is 19.0. The van der Waals surface area contributed by atoms with E-state index in [1.54, 1.807) is 66.7 Å². The minimum Gasteiger partial charge on any atom is -0.489 e. The number of nitrogens with one attached hydrogen (secondary N) is 2. The number of halogens is 1. The van der Waals surface area contributed by atoms with Crippen molar-refractivity contribution in [2.75, 3.05) is 5.73 Å². The van der Waals surface area contributed by atoms with E-state index in [1.165, 1.54) is 11.3 Å². The lowest BCUT2D eigenvalue weighted by Crippen LogP contribution is -2.41. The molecule has 3 aromatic carbocycles. The number of thiazole rings is 1. The van der Waals surface area contributed by atoms with Crippen molar-refractivity contribution in [2.45, 2.75) is 6.61 Å². The average Bonchev–Trinajstić information content (AvgIpc) is 3.16. The van der Waals surface area contributed by atoms with Gasteiger partial charge < -0.3 is 10.5 Å². The van der Waals surface area contributed by atoms with Gasteiger partial charge in [0, 0.05) is 16.1 Å². The molecule has 4 rings (SSSR count). The molecule has 0 bridgehead atoms. The first-order valence-corrected chi connectivity index (χ1v) is 10.4. The maximum absolute atomic E-state index is 12.3. The number of benzene rings is 3. The summed E-state index contributed by atoms with van der Waals surface area (Å²) >= 11 is 7.15. The van der Waals surface area contributed by atoms with Crippen molar-refractivity contribution in [3.8, 4) is 5.75 Å². The fraction of sp³-hybridized carbons (Fsp3) is 0.0455. The van der Waals surface area contributed by atoms with Crippen molar-refractivity contribution < 1.29 is 14.3 Å². The number of nitrogen functional groups attached to an aromatic ring is 1. The molecule has 31 heavy (non-hydrogen) atoms. The summed E-state index contributed by atoms with van der Waals surface area (Å²) in [5.74, 6) is -0.162. The highest BCUT2D eigenvalue weighted by Crippen LogP contribution is 2.24. The second-order valence-electron chi connectivity index (χ2n) is 6.58. The Bertz CT molecular complexity index is 1240. The molecule has 1 heterocycles. The zero-order valence-corrected chi connectivity index (χ0v) is 17.7. The van der Waals surface area contributed by atoms with Gasteiger partial charge in [0.05, 0.1) is 10.2 Å². The number of hydrogen-bond donors (Lipinski definition) is 3. The van der Waals surface area contributed by atoms with Gasteiger partial charge in [-0.25, -0.2) is 4.98 Å². The molecule has 0 saturated heterocycles. The molecule has 0 unspecified atom stereocenters. The summed E-state index contributed by atoms with van der Waals surface area (Å²) in [6.07, 6.45) is 0. The lowest BCUT2D eigenvalue weighted by molar-refractivity contribution is 0.0847. The van der Waals surface area contributed by atoms with Crippen LogP contribution in [0.2, 0.25) is 5.02 Å². The molecular weight excluding hydrogens is 436 g/mol. The Kier molecular flexibility index (Phi) is 6.01. The van der Waals surface area contributed by atoms with Crippen LogP contribution in [0.3, 0.4) is 0 Å². The molecule has 0 aliphatic carbocycles. The van der Waals surface area contributed by atoms with Crippen molar-refractivity contribution in [2.24, 2.45) is 0 Å². The summed E-state index contributed by atoms with van der Waals surface area (Å²) in [6.45, 7) is 0.352.